The molecular formula is C28H23FN4O3. The maximum atomic E-state index is 15.0. The van der Waals surface area contributed by atoms with Gasteiger partial charge in [-0.15, -0.1) is 0 Å². The van der Waals surface area contributed by atoms with E-state index in [1.165, 1.54) is 19.2 Å². The number of nitrogens with zero attached hydrogens (tertiary/aromatic N) is 3. The fraction of sp³-hybridized carbons (Fsp3) is 0.143. The van der Waals surface area contributed by atoms with E-state index >= 15 is 0 Å². The maximum Gasteiger partial charge on any atom is 0.339 e. The van der Waals surface area contributed by atoms with Gasteiger partial charge in [0.15, 0.2) is 0 Å². The van der Waals surface area contributed by atoms with Gasteiger partial charge in [0.2, 0.25) is 5.95 Å². The van der Waals surface area contributed by atoms with Gasteiger partial charge in [0.25, 0.3) is 0 Å². The molecule has 0 amide bonds. The largest absolute Gasteiger partial charge is 0.496 e. The molecule has 0 saturated heterocycles. The molecule has 2 heterocycles. The Labute approximate surface area is 207 Å². The summed E-state index contributed by atoms with van der Waals surface area (Å²) in [6, 6.07) is 15.6. The Hall–Kier alpha value is -4.59. The second-order valence-electron chi connectivity index (χ2n) is 8.56. The predicted molar refractivity (Wildman–Crippen MR) is 136 cm³/mol. The van der Waals surface area contributed by atoms with E-state index in [1.54, 1.807) is 24.4 Å². The molecule has 0 atom stereocenters. The maximum absolute atomic E-state index is 15.0. The number of ether oxygens (including phenoxy) is 1. The average molecular weight is 483 g/mol. The van der Waals surface area contributed by atoms with E-state index in [-0.39, 0.29) is 17.1 Å². The molecule has 2 N–H and O–H groups in total. The lowest BCUT2D eigenvalue weighted by Gasteiger charge is -2.15. The van der Waals surface area contributed by atoms with Crippen molar-refractivity contribution in [3.63, 3.8) is 0 Å². The zero-order valence-electron chi connectivity index (χ0n) is 20.0. The highest BCUT2D eigenvalue weighted by Gasteiger charge is 2.24. The number of hydrogen-bond donors (Lipinski definition) is 2. The summed E-state index contributed by atoms with van der Waals surface area (Å²) < 4.78 is 20.2. The van der Waals surface area contributed by atoms with Crippen LogP contribution >= 0.6 is 0 Å². The Morgan fingerprint density at radius 3 is 2.67 bits per heavy atom. The van der Waals surface area contributed by atoms with E-state index < -0.39 is 5.97 Å². The number of fused-ring (bicyclic) bond motifs is 3. The van der Waals surface area contributed by atoms with Crippen molar-refractivity contribution in [3.05, 3.63) is 100.0 Å². The van der Waals surface area contributed by atoms with Gasteiger partial charge in [-0.2, -0.15) is 0 Å². The van der Waals surface area contributed by atoms with Gasteiger partial charge in [0.1, 0.15) is 17.1 Å². The number of carboxylic acid groups (broad SMARTS) is 1. The van der Waals surface area contributed by atoms with Crippen molar-refractivity contribution in [2.24, 2.45) is 4.99 Å². The lowest BCUT2D eigenvalue weighted by molar-refractivity contribution is 0.0693. The Kier molecular flexibility index (Phi) is 5.93. The van der Waals surface area contributed by atoms with E-state index in [1.807, 2.05) is 38.1 Å². The summed E-state index contributed by atoms with van der Waals surface area (Å²) in [5.74, 6) is -0.843. The molecule has 1 aliphatic heterocycles. The average Bonchev–Trinajstić information content (AvgIpc) is 3.00. The zero-order valence-corrected chi connectivity index (χ0v) is 20.0. The normalized spacial score (nSPS) is 12.2. The number of aliphatic imine (C=N–C) groups is 1. The van der Waals surface area contributed by atoms with Gasteiger partial charge < -0.3 is 15.2 Å². The SMILES string of the molecule is COc1cc(Nc2ncc3c(n2)-c2ccc(C)cc2C(c2c(C)cccc2F)=NC3)ccc1C(=O)O. The van der Waals surface area contributed by atoms with Crippen molar-refractivity contribution in [2.75, 3.05) is 12.4 Å². The number of anilines is 2. The van der Waals surface area contributed by atoms with Gasteiger partial charge in [-0.1, -0.05) is 29.8 Å². The van der Waals surface area contributed by atoms with Gasteiger partial charge in [0, 0.05) is 40.2 Å². The third-order valence-electron chi connectivity index (χ3n) is 6.10. The summed E-state index contributed by atoms with van der Waals surface area (Å²) in [5.41, 5.74) is 6.68. The predicted octanol–water partition coefficient (Wildman–Crippen LogP) is 5.70. The number of carbonyl (C=O) groups is 1. The second kappa shape index (κ2) is 9.22. The molecule has 1 aliphatic rings. The summed E-state index contributed by atoms with van der Waals surface area (Å²) in [5, 5.41) is 12.5. The number of rotatable bonds is 5. The number of benzene rings is 3. The van der Waals surface area contributed by atoms with Crippen molar-refractivity contribution >= 4 is 23.3 Å². The fourth-order valence-corrected chi connectivity index (χ4v) is 4.35. The molecule has 0 radical (unpaired) electrons. The number of aryl methyl sites for hydroxylation is 2. The van der Waals surface area contributed by atoms with Gasteiger partial charge in [-0.3, -0.25) is 4.99 Å². The fourth-order valence-electron chi connectivity index (χ4n) is 4.35. The third kappa shape index (κ3) is 4.17. The summed E-state index contributed by atoms with van der Waals surface area (Å²) in [4.78, 5) is 25.4. The smallest absolute Gasteiger partial charge is 0.339 e. The molecule has 0 bridgehead atoms. The molecule has 3 aromatic carbocycles. The van der Waals surface area contributed by atoms with Crippen LogP contribution in [-0.2, 0) is 6.54 Å². The van der Waals surface area contributed by atoms with Crippen molar-refractivity contribution in [2.45, 2.75) is 20.4 Å². The molecule has 4 aromatic rings. The molecule has 5 rings (SSSR count). The van der Waals surface area contributed by atoms with Gasteiger partial charge >= 0.3 is 5.97 Å². The van der Waals surface area contributed by atoms with Crippen LogP contribution in [0, 0.1) is 19.7 Å². The summed E-state index contributed by atoms with van der Waals surface area (Å²) >= 11 is 0. The summed E-state index contributed by atoms with van der Waals surface area (Å²) in [6.07, 6.45) is 1.71. The Bertz CT molecular complexity index is 1530. The number of aromatic nitrogens is 2. The monoisotopic (exact) mass is 482 g/mol. The highest BCUT2D eigenvalue weighted by molar-refractivity contribution is 6.17. The van der Waals surface area contributed by atoms with Crippen LogP contribution in [0.5, 0.6) is 5.75 Å². The Morgan fingerprint density at radius 1 is 1.08 bits per heavy atom. The van der Waals surface area contributed by atoms with Crippen LogP contribution in [-0.4, -0.2) is 33.9 Å². The molecule has 36 heavy (non-hydrogen) atoms. The van der Waals surface area contributed by atoms with E-state index in [0.29, 0.717) is 35.1 Å². The quantitative estimate of drug-likeness (QED) is 0.379. The van der Waals surface area contributed by atoms with Gasteiger partial charge in [-0.25, -0.2) is 19.2 Å². The minimum absolute atomic E-state index is 0.0586. The number of halogens is 1. The van der Waals surface area contributed by atoms with Crippen LogP contribution in [0.1, 0.15) is 38.2 Å². The molecule has 0 fully saturated rings. The van der Waals surface area contributed by atoms with Crippen LogP contribution in [0.3, 0.4) is 0 Å². The first-order valence-electron chi connectivity index (χ1n) is 11.3. The van der Waals surface area contributed by atoms with Crippen molar-refractivity contribution in [1.82, 2.24) is 9.97 Å². The second-order valence-corrected chi connectivity index (χ2v) is 8.56. The highest BCUT2D eigenvalue weighted by atomic mass is 19.1. The van der Waals surface area contributed by atoms with Gasteiger partial charge in [-0.05, 0) is 43.7 Å². The standard InChI is InChI=1S/C28H23FN4O3/c1-15-7-9-19-21(11-15)26(24-16(2)5-4-6-22(24)29)30-13-17-14-31-28(33-25(17)19)32-18-8-10-20(27(34)35)23(12-18)36-3/h4-12,14H,13H2,1-3H3,(H,34,35)(H,31,32,33). The van der Waals surface area contributed by atoms with Crippen LogP contribution in [0.25, 0.3) is 11.3 Å². The molecule has 1 aromatic heterocycles. The van der Waals surface area contributed by atoms with E-state index in [4.69, 9.17) is 14.7 Å². The number of nitrogens with one attached hydrogen (secondary N) is 1. The number of aromatic carboxylic acids is 1. The van der Waals surface area contributed by atoms with E-state index in [0.717, 1.165) is 27.8 Å². The Balaban J connectivity index is 1.59. The number of carboxylic acids is 1. The molecule has 7 nitrogen and oxygen atoms in total. The minimum Gasteiger partial charge on any atom is -0.496 e. The van der Waals surface area contributed by atoms with Crippen molar-refractivity contribution in [3.8, 4) is 17.0 Å². The van der Waals surface area contributed by atoms with Crippen molar-refractivity contribution in [1.29, 1.82) is 0 Å². The molecule has 0 aliphatic carbocycles. The van der Waals surface area contributed by atoms with Gasteiger partial charge in [0.05, 0.1) is 25.1 Å². The molecule has 180 valence electrons. The molecule has 0 unspecified atom stereocenters. The van der Waals surface area contributed by atoms with Crippen LogP contribution in [0.4, 0.5) is 16.0 Å². The molecule has 0 saturated carbocycles. The summed E-state index contributed by atoms with van der Waals surface area (Å²) in [7, 11) is 1.41. The lowest BCUT2D eigenvalue weighted by Crippen LogP contribution is -2.10. The van der Waals surface area contributed by atoms with Crippen LogP contribution in [0.15, 0.2) is 65.8 Å². The van der Waals surface area contributed by atoms with E-state index in [9.17, 15) is 14.3 Å². The molecular weight excluding hydrogens is 459 g/mol. The van der Waals surface area contributed by atoms with Crippen molar-refractivity contribution < 1.29 is 19.0 Å². The van der Waals surface area contributed by atoms with Crippen LogP contribution < -0.4 is 10.1 Å². The first-order valence-corrected chi connectivity index (χ1v) is 11.3. The van der Waals surface area contributed by atoms with Crippen LogP contribution in [0.2, 0.25) is 0 Å². The first kappa shape index (κ1) is 23.2. The molecule has 0 spiro atoms. The highest BCUT2D eigenvalue weighted by Crippen LogP contribution is 2.34. The first-order chi connectivity index (χ1) is 17.4. The number of methoxy groups -OCH3 is 1. The Morgan fingerprint density at radius 2 is 1.92 bits per heavy atom. The zero-order chi connectivity index (χ0) is 25.4. The third-order valence-corrected chi connectivity index (χ3v) is 6.10. The summed E-state index contributed by atoms with van der Waals surface area (Å²) in [6.45, 7) is 4.16. The lowest BCUT2D eigenvalue weighted by atomic mass is 9.91. The van der Waals surface area contributed by atoms with E-state index in [2.05, 4.69) is 10.3 Å². The topological polar surface area (TPSA) is 96.7 Å². The number of hydrogen-bond acceptors (Lipinski definition) is 6. The minimum atomic E-state index is -1.08. The molecule has 8 heteroatoms.